The van der Waals surface area contributed by atoms with Crippen LogP contribution in [0.4, 0.5) is 4.39 Å². The number of para-hydroxylation sites is 1. The normalized spacial score (nSPS) is 20.1. The molecule has 2 bridgehead atoms. The van der Waals surface area contributed by atoms with E-state index in [4.69, 9.17) is 0 Å². The highest BCUT2D eigenvalue weighted by atomic mass is 19.1. The summed E-state index contributed by atoms with van der Waals surface area (Å²) in [4.78, 5) is 52.1. The number of nitrogens with zero attached hydrogens (tertiary/aromatic N) is 4. The molecular formula is C36H38FN5O3. The summed E-state index contributed by atoms with van der Waals surface area (Å²) in [5.74, 6) is -0.805. The molecule has 1 N–H and O–H groups in total. The van der Waals surface area contributed by atoms with Gasteiger partial charge < -0.3 is 15.1 Å². The highest BCUT2D eigenvalue weighted by Crippen LogP contribution is 2.28. The largest absolute Gasteiger partial charge is 0.354 e. The van der Waals surface area contributed by atoms with Gasteiger partial charge in [-0.15, -0.1) is 0 Å². The SMILES string of the molecule is O=C1NCCCCN(Cc2ccc(F)cc2)CCCN(C(=O)c2ccccc2)[C@H]2C[C@@H]1N(C(=O)c1ccnc3ccccc13)C2. The van der Waals surface area contributed by atoms with E-state index >= 15 is 0 Å². The predicted octanol–water partition coefficient (Wildman–Crippen LogP) is 4.90. The predicted molar refractivity (Wildman–Crippen MR) is 171 cm³/mol. The van der Waals surface area contributed by atoms with Gasteiger partial charge in [-0.2, -0.15) is 0 Å². The van der Waals surface area contributed by atoms with E-state index in [0.29, 0.717) is 42.7 Å². The number of rotatable bonds is 4. The number of hydrogen-bond donors (Lipinski definition) is 1. The van der Waals surface area contributed by atoms with Gasteiger partial charge >= 0.3 is 0 Å². The molecule has 2 aliphatic rings. The number of aromatic nitrogens is 1. The van der Waals surface area contributed by atoms with Crippen LogP contribution in [0.2, 0.25) is 0 Å². The number of halogens is 1. The van der Waals surface area contributed by atoms with Crippen LogP contribution in [0.5, 0.6) is 0 Å². The van der Waals surface area contributed by atoms with Gasteiger partial charge in [-0.3, -0.25) is 24.3 Å². The second kappa shape index (κ2) is 14.0. The zero-order valence-electron chi connectivity index (χ0n) is 25.3. The Labute approximate surface area is 262 Å². The minimum absolute atomic E-state index is 0.111. The second-order valence-corrected chi connectivity index (χ2v) is 11.9. The lowest BCUT2D eigenvalue weighted by Gasteiger charge is -2.31. The monoisotopic (exact) mass is 607 g/mol. The van der Waals surface area contributed by atoms with Crippen LogP contribution in [0.25, 0.3) is 10.9 Å². The standard InChI is InChI=1S/C36H38FN5O3/c37-28-15-13-26(14-16-28)24-40-20-7-6-18-39-34(43)33-23-29(41(22-8-21-40)35(44)27-9-2-1-3-10-27)25-42(33)36(45)31-17-19-38-32-12-5-4-11-30(31)32/h1-5,9-17,19,29,33H,6-8,18,20-25H2,(H,39,43)/t29-,33-/m0/s1. The number of pyridine rings is 1. The third-order valence-corrected chi connectivity index (χ3v) is 8.84. The van der Waals surface area contributed by atoms with Crippen LogP contribution in [0.3, 0.4) is 0 Å². The average molecular weight is 608 g/mol. The Hall–Kier alpha value is -4.63. The van der Waals surface area contributed by atoms with Gasteiger partial charge in [-0.25, -0.2) is 4.39 Å². The molecule has 6 rings (SSSR count). The van der Waals surface area contributed by atoms with E-state index in [2.05, 4.69) is 15.2 Å². The summed E-state index contributed by atoms with van der Waals surface area (Å²) in [5, 5.41) is 3.81. The van der Waals surface area contributed by atoms with Gasteiger partial charge in [0.2, 0.25) is 5.91 Å². The first kappa shape index (κ1) is 30.4. The zero-order chi connectivity index (χ0) is 31.2. The zero-order valence-corrected chi connectivity index (χ0v) is 25.3. The van der Waals surface area contributed by atoms with Crippen molar-refractivity contribution in [3.8, 4) is 0 Å². The van der Waals surface area contributed by atoms with Gasteiger partial charge in [-0.05, 0) is 74.2 Å². The van der Waals surface area contributed by atoms with Crippen molar-refractivity contribution in [2.24, 2.45) is 0 Å². The number of amides is 3. The lowest BCUT2D eigenvalue weighted by Crippen LogP contribution is -2.46. The fourth-order valence-electron chi connectivity index (χ4n) is 6.52. The molecule has 4 aromatic rings. The van der Waals surface area contributed by atoms with E-state index in [9.17, 15) is 18.8 Å². The lowest BCUT2D eigenvalue weighted by atomic mass is 10.1. The van der Waals surface area contributed by atoms with Crippen molar-refractivity contribution in [1.82, 2.24) is 25.0 Å². The van der Waals surface area contributed by atoms with Crippen LogP contribution < -0.4 is 5.32 Å². The summed E-state index contributed by atoms with van der Waals surface area (Å²) in [6.45, 7) is 3.47. The molecule has 0 radical (unpaired) electrons. The van der Waals surface area contributed by atoms with E-state index in [1.165, 1.54) is 12.1 Å². The maximum Gasteiger partial charge on any atom is 0.255 e. The van der Waals surface area contributed by atoms with E-state index < -0.39 is 6.04 Å². The maximum absolute atomic E-state index is 14.2. The van der Waals surface area contributed by atoms with Crippen LogP contribution in [0.1, 0.15) is 52.0 Å². The summed E-state index contributed by atoms with van der Waals surface area (Å²) in [6, 6.07) is 23.9. The first-order valence-electron chi connectivity index (χ1n) is 15.7. The number of fused-ring (bicyclic) bond motifs is 3. The maximum atomic E-state index is 14.2. The van der Waals surface area contributed by atoms with Crippen LogP contribution in [-0.4, -0.2) is 82.2 Å². The topological polar surface area (TPSA) is 85.9 Å². The van der Waals surface area contributed by atoms with E-state index in [-0.39, 0.29) is 36.1 Å². The minimum Gasteiger partial charge on any atom is -0.354 e. The molecule has 2 fully saturated rings. The van der Waals surface area contributed by atoms with Gasteiger partial charge in [0.25, 0.3) is 11.8 Å². The van der Waals surface area contributed by atoms with E-state index in [1.54, 1.807) is 29.3 Å². The van der Waals surface area contributed by atoms with Gasteiger partial charge in [-0.1, -0.05) is 48.5 Å². The molecule has 232 valence electrons. The minimum atomic E-state index is -0.696. The highest BCUT2D eigenvalue weighted by Gasteiger charge is 2.43. The summed E-state index contributed by atoms with van der Waals surface area (Å²) < 4.78 is 13.5. The van der Waals surface area contributed by atoms with E-state index in [1.807, 2.05) is 59.5 Å². The molecule has 2 aliphatic heterocycles. The van der Waals surface area contributed by atoms with Gasteiger partial charge in [0.15, 0.2) is 0 Å². The molecule has 2 saturated heterocycles. The summed E-state index contributed by atoms with van der Waals surface area (Å²) in [5.41, 5.74) is 2.81. The first-order valence-corrected chi connectivity index (χ1v) is 15.7. The van der Waals surface area contributed by atoms with Gasteiger partial charge in [0.05, 0.1) is 17.1 Å². The summed E-state index contributed by atoms with van der Waals surface area (Å²) in [7, 11) is 0. The van der Waals surface area contributed by atoms with Gasteiger partial charge in [0, 0.05) is 49.9 Å². The van der Waals surface area contributed by atoms with Crippen molar-refractivity contribution in [2.45, 2.75) is 44.3 Å². The third kappa shape index (κ3) is 7.04. The number of likely N-dealkylation sites (tertiary alicyclic amines) is 1. The molecule has 0 saturated carbocycles. The summed E-state index contributed by atoms with van der Waals surface area (Å²) in [6.07, 6.45) is 4.36. The lowest BCUT2D eigenvalue weighted by molar-refractivity contribution is -0.124. The molecule has 3 amide bonds. The van der Waals surface area contributed by atoms with Crippen molar-refractivity contribution in [1.29, 1.82) is 0 Å². The van der Waals surface area contributed by atoms with Crippen molar-refractivity contribution in [3.05, 3.63) is 114 Å². The molecule has 45 heavy (non-hydrogen) atoms. The molecule has 0 spiro atoms. The quantitative estimate of drug-likeness (QED) is 0.357. The van der Waals surface area contributed by atoms with Crippen LogP contribution >= 0.6 is 0 Å². The highest BCUT2D eigenvalue weighted by molar-refractivity contribution is 6.07. The number of carbonyl (C=O) groups excluding carboxylic acids is 3. The molecule has 0 unspecified atom stereocenters. The Kier molecular flexibility index (Phi) is 9.45. The molecule has 8 nitrogen and oxygen atoms in total. The Bertz CT molecular complexity index is 1640. The Morgan fingerprint density at radius 2 is 1.58 bits per heavy atom. The number of nitrogens with one attached hydrogen (secondary N) is 1. The molecule has 3 heterocycles. The fraction of sp³-hybridized carbons (Fsp3) is 0.333. The van der Waals surface area contributed by atoms with Gasteiger partial charge in [0.1, 0.15) is 11.9 Å². The van der Waals surface area contributed by atoms with Crippen LogP contribution in [0.15, 0.2) is 91.1 Å². The molecule has 0 aliphatic carbocycles. The number of benzene rings is 3. The molecule has 1 aromatic heterocycles. The fourth-order valence-corrected chi connectivity index (χ4v) is 6.52. The van der Waals surface area contributed by atoms with Crippen LogP contribution in [-0.2, 0) is 11.3 Å². The van der Waals surface area contributed by atoms with Crippen molar-refractivity contribution >= 4 is 28.6 Å². The summed E-state index contributed by atoms with van der Waals surface area (Å²) >= 11 is 0. The van der Waals surface area contributed by atoms with E-state index in [0.717, 1.165) is 43.3 Å². The number of carbonyl (C=O) groups is 3. The number of hydrogen-bond acceptors (Lipinski definition) is 5. The van der Waals surface area contributed by atoms with Crippen molar-refractivity contribution in [2.75, 3.05) is 32.7 Å². The Balaban J connectivity index is 1.29. The second-order valence-electron chi connectivity index (χ2n) is 11.9. The van der Waals surface area contributed by atoms with Crippen molar-refractivity contribution < 1.29 is 18.8 Å². The Morgan fingerprint density at radius 3 is 2.40 bits per heavy atom. The average Bonchev–Trinajstić information content (AvgIpc) is 3.51. The Morgan fingerprint density at radius 1 is 0.822 bits per heavy atom. The van der Waals surface area contributed by atoms with Crippen molar-refractivity contribution in [3.63, 3.8) is 0 Å². The smallest absolute Gasteiger partial charge is 0.255 e. The molecule has 9 heteroatoms. The molecule has 2 atom stereocenters. The molecule has 3 aromatic carbocycles. The third-order valence-electron chi connectivity index (χ3n) is 8.84. The van der Waals surface area contributed by atoms with Crippen LogP contribution in [0, 0.1) is 5.82 Å². The molecular weight excluding hydrogens is 569 g/mol. The first-order chi connectivity index (χ1) is 22.0.